The van der Waals surface area contributed by atoms with Crippen LogP contribution in [0.15, 0.2) is 12.2 Å². The topological polar surface area (TPSA) is 17.1 Å². The van der Waals surface area contributed by atoms with Gasteiger partial charge in [0.15, 0.2) is 0 Å². The molecule has 84 valence electrons. The zero-order chi connectivity index (χ0) is 10.9. The zero-order valence-corrected chi connectivity index (χ0v) is 9.96. The summed E-state index contributed by atoms with van der Waals surface area (Å²) in [6.07, 6.45) is 11.1. The van der Waals surface area contributed by atoms with Crippen LogP contribution in [0.4, 0.5) is 0 Å². The number of rotatable bonds is 2. The summed E-state index contributed by atoms with van der Waals surface area (Å²) in [5.41, 5.74) is 0.385. The van der Waals surface area contributed by atoms with Crippen molar-refractivity contribution in [2.24, 2.45) is 17.3 Å². The minimum absolute atomic E-state index is 0.385. The molecule has 0 saturated heterocycles. The molecule has 0 N–H and O–H groups in total. The molecule has 0 aliphatic heterocycles. The predicted molar refractivity (Wildman–Crippen MR) is 62.6 cm³/mol. The molecule has 0 amide bonds. The Balaban J connectivity index is 1.95. The van der Waals surface area contributed by atoms with Crippen LogP contribution in [0.2, 0.25) is 0 Å². The van der Waals surface area contributed by atoms with E-state index >= 15 is 0 Å². The van der Waals surface area contributed by atoms with Crippen molar-refractivity contribution < 1.29 is 4.79 Å². The molecule has 1 unspecified atom stereocenters. The Morgan fingerprint density at radius 1 is 1.33 bits per heavy atom. The van der Waals surface area contributed by atoms with E-state index in [9.17, 15) is 4.79 Å². The molecule has 15 heavy (non-hydrogen) atoms. The summed E-state index contributed by atoms with van der Waals surface area (Å²) >= 11 is 0. The van der Waals surface area contributed by atoms with Crippen LogP contribution < -0.4 is 0 Å². The Morgan fingerprint density at radius 2 is 2.00 bits per heavy atom. The molecule has 1 atom stereocenters. The first-order valence-corrected chi connectivity index (χ1v) is 6.24. The fraction of sp³-hybridized carbons (Fsp3) is 0.786. The standard InChI is InChI=1S/C14H22O/c1-14(2)8-7-13(15)10-12(14)9-11-5-3-4-6-11/h3-4,11-12H,5-10H2,1-2H3. The molecular formula is C14H22O. The third kappa shape index (κ3) is 2.50. The van der Waals surface area contributed by atoms with Gasteiger partial charge in [-0.2, -0.15) is 0 Å². The number of carbonyl (C=O) groups excluding carboxylic acids is 1. The Bertz CT molecular complexity index is 267. The first-order valence-electron chi connectivity index (χ1n) is 6.24. The summed E-state index contributed by atoms with van der Waals surface area (Å²) in [5, 5.41) is 0. The van der Waals surface area contributed by atoms with Crippen LogP contribution in [-0.2, 0) is 4.79 Å². The van der Waals surface area contributed by atoms with Gasteiger partial charge in [0.05, 0.1) is 0 Å². The van der Waals surface area contributed by atoms with Gasteiger partial charge >= 0.3 is 0 Å². The number of ketones is 1. The normalized spacial score (nSPS) is 31.1. The number of allylic oxidation sites excluding steroid dienone is 2. The van der Waals surface area contributed by atoms with Crippen molar-refractivity contribution in [1.82, 2.24) is 0 Å². The summed E-state index contributed by atoms with van der Waals surface area (Å²) in [5.74, 6) is 1.94. The summed E-state index contributed by atoms with van der Waals surface area (Å²) in [4.78, 5) is 11.5. The molecule has 2 aliphatic carbocycles. The van der Waals surface area contributed by atoms with Crippen molar-refractivity contribution in [3.63, 3.8) is 0 Å². The lowest BCUT2D eigenvalue weighted by molar-refractivity contribution is -0.124. The molecular weight excluding hydrogens is 184 g/mol. The minimum Gasteiger partial charge on any atom is -0.300 e. The monoisotopic (exact) mass is 206 g/mol. The maximum absolute atomic E-state index is 11.5. The second-order valence-electron chi connectivity index (χ2n) is 5.97. The molecule has 2 rings (SSSR count). The summed E-state index contributed by atoms with van der Waals surface area (Å²) in [6.45, 7) is 4.68. The van der Waals surface area contributed by atoms with Crippen molar-refractivity contribution in [2.75, 3.05) is 0 Å². The van der Waals surface area contributed by atoms with Gasteiger partial charge in [-0.15, -0.1) is 0 Å². The van der Waals surface area contributed by atoms with E-state index in [4.69, 9.17) is 0 Å². The Morgan fingerprint density at radius 3 is 2.67 bits per heavy atom. The van der Waals surface area contributed by atoms with E-state index in [2.05, 4.69) is 26.0 Å². The molecule has 0 radical (unpaired) electrons. The molecule has 0 aromatic heterocycles. The minimum atomic E-state index is 0.385. The average molecular weight is 206 g/mol. The van der Waals surface area contributed by atoms with Crippen LogP contribution in [0.5, 0.6) is 0 Å². The van der Waals surface area contributed by atoms with Gasteiger partial charge in [0.1, 0.15) is 5.78 Å². The largest absolute Gasteiger partial charge is 0.300 e. The fourth-order valence-electron chi connectivity index (χ4n) is 2.99. The Labute approximate surface area is 92.9 Å². The lowest BCUT2D eigenvalue weighted by Gasteiger charge is -2.39. The maximum atomic E-state index is 11.5. The Hall–Kier alpha value is -0.590. The van der Waals surface area contributed by atoms with Crippen molar-refractivity contribution >= 4 is 5.78 Å². The van der Waals surface area contributed by atoms with E-state index in [-0.39, 0.29) is 0 Å². The van der Waals surface area contributed by atoms with Crippen molar-refractivity contribution in [1.29, 1.82) is 0 Å². The smallest absolute Gasteiger partial charge is 0.133 e. The summed E-state index contributed by atoms with van der Waals surface area (Å²) in [6, 6.07) is 0. The van der Waals surface area contributed by atoms with E-state index in [1.54, 1.807) is 0 Å². The highest BCUT2D eigenvalue weighted by molar-refractivity contribution is 5.79. The Kier molecular flexibility index (Phi) is 2.99. The van der Waals surface area contributed by atoms with Crippen molar-refractivity contribution in [3.8, 4) is 0 Å². The third-order valence-corrected chi connectivity index (χ3v) is 4.35. The molecule has 1 nitrogen and oxygen atoms in total. The SMILES string of the molecule is CC1(C)CCC(=O)CC1CC1CC=CC1. The highest BCUT2D eigenvalue weighted by Gasteiger charge is 2.36. The molecule has 1 heteroatoms. The lowest BCUT2D eigenvalue weighted by atomic mass is 9.65. The van der Waals surface area contributed by atoms with E-state index < -0.39 is 0 Å². The molecule has 1 fully saturated rings. The van der Waals surface area contributed by atoms with Gasteiger partial charge in [-0.05, 0) is 42.9 Å². The number of hydrogen-bond acceptors (Lipinski definition) is 1. The predicted octanol–water partition coefficient (Wildman–Crippen LogP) is 3.74. The second kappa shape index (κ2) is 4.11. The van der Waals surface area contributed by atoms with Crippen LogP contribution in [0, 0.1) is 17.3 Å². The molecule has 0 aromatic rings. The van der Waals surface area contributed by atoms with E-state index in [0.29, 0.717) is 17.1 Å². The van der Waals surface area contributed by atoms with Crippen LogP contribution >= 0.6 is 0 Å². The zero-order valence-electron chi connectivity index (χ0n) is 9.96. The molecule has 0 heterocycles. The highest BCUT2D eigenvalue weighted by Crippen LogP contribution is 2.43. The van der Waals surface area contributed by atoms with Gasteiger partial charge in [-0.3, -0.25) is 4.79 Å². The summed E-state index contributed by atoms with van der Waals surface area (Å²) in [7, 11) is 0. The first-order chi connectivity index (χ1) is 7.08. The van der Waals surface area contributed by atoms with E-state index in [0.717, 1.165) is 25.2 Å². The highest BCUT2D eigenvalue weighted by atomic mass is 16.1. The van der Waals surface area contributed by atoms with E-state index in [1.165, 1.54) is 19.3 Å². The van der Waals surface area contributed by atoms with Gasteiger partial charge in [-0.1, -0.05) is 26.0 Å². The number of carbonyl (C=O) groups is 1. The van der Waals surface area contributed by atoms with Gasteiger partial charge in [-0.25, -0.2) is 0 Å². The van der Waals surface area contributed by atoms with Gasteiger partial charge < -0.3 is 0 Å². The molecule has 0 spiro atoms. The van der Waals surface area contributed by atoms with Crippen LogP contribution in [0.1, 0.15) is 52.4 Å². The van der Waals surface area contributed by atoms with Gasteiger partial charge in [0, 0.05) is 12.8 Å². The summed E-state index contributed by atoms with van der Waals surface area (Å²) < 4.78 is 0. The van der Waals surface area contributed by atoms with E-state index in [1.807, 2.05) is 0 Å². The quantitative estimate of drug-likeness (QED) is 0.629. The van der Waals surface area contributed by atoms with Gasteiger partial charge in [0.2, 0.25) is 0 Å². The lowest BCUT2D eigenvalue weighted by Crippen LogP contribution is -2.33. The molecule has 1 saturated carbocycles. The second-order valence-corrected chi connectivity index (χ2v) is 5.97. The molecule has 2 aliphatic rings. The van der Waals surface area contributed by atoms with Gasteiger partial charge in [0.25, 0.3) is 0 Å². The van der Waals surface area contributed by atoms with Crippen LogP contribution in [0.25, 0.3) is 0 Å². The van der Waals surface area contributed by atoms with Crippen LogP contribution in [-0.4, -0.2) is 5.78 Å². The average Bonchev–Trinajstić information content (AvgIpc) is 2.65. The number of Topliss-reactive ketones (excluding diaryl/α,β-unsaturated/α-hetero) is 1. The third-order valence-electron chi connectivity index (χ3n) is 4.35. The van der Waals surface area contributed by atoms with Crippen molar-refractivity contribution in [3.05, 3.63) is 12.2 Å². The number of hydrogen-bond donors (Lipinski definition) is 0. The molecule has 0 bridgehead atoms. The molecule has 0 aromatic carbocycles. The first kappa shape index (κ1) is 10.9. The fourth-order valence-corrected chi connectivity index (χ4v) is 2.99. The maximum Gasteiger partial charge on any atom is 0.133 e. The van der Waals surface area contributed by atoms with Crippen LogP contribution in [0.3, 0.4) is 0 Å². The van der Waals surface area contributed by atoms with Crippen molar-refractivity contribution in [2.45, 2.75) is 52.4 Å².